The van der Waals surface area contributed by atoms with Gasteiger partial charge in [0.15, 0.2) is 0 Å². The van der Waals surface area contributed by atoms with Crippen LogP contribution in [-0.4, -0.2) is 17.3 Å². The maximum atomic E-state index is 8.70. The molecule has 0 aromatic rings. The van der Waals surface area contributed by atoms with Gasteiger partial charge in [-0.3, -0.25) is 0 Å². The van der Waals surface area contributed by atoms with E-state index in [1.54, 1.807) is 13.8 Å². The first kappa shape index (κ1) is 10.5. The summed E-state index contributed by atoms with van der Waals surface area (Å²) < 4.78 is 0. The smallest absolute Gasteiger partial charge is 0.0713 e. The second-order valence-electron chi connectivity index (χ2n) is 2.02. The molecule has 7 heavy (non-hydrogen) atoms. The largest absolute Gasteiger partial charge is 0.389 e. The molecular weight excluding hydrogens is 179 g/mol. The summed E-state index contributed by atoms with van der Waals surface area (Å²) in [5, 5.41) is 8.70. The zero-order valence-electron chi connectivity index (χ0n) is 4.59. The van der Waals surface area contributed by atoms with Crippen LogP contribution in [0.15, 0.2) is 0 Å². The number of nitrogens with two attached hydrogens (primary N) is 1. The van der Waals surface area contributed by atoms with Gasteiger partial charge in [0.05, 0.1) is 5.60 Å². The Morgan fingerprint density at radius 3 is 1.71 bits per heavy atom. The molecule has 0 fully saturated rings. The third-order valence-electron chi connectivity index (χ3n) is 0.500. The fourth-order valence-corrected chi connectivity index (χ4v) is 0. The number of hydrogen-bond donors (Lipinski definition) is 2. The molecule has 0 aliphatic heterocycles. The Morgan fingerprint density at radius 2 is 1.71 bits per heavy atom. The van der Waals surface area contributed by atoms with Crippen molar-refractivity contribution < 1.29 is 24.6 Å². The number of hydrogen-bond acceptors (Lipinski definition) is 2. The molecule has 0 aromatic carbocycles. The molecule has 46 valence electrons. The van der Waals surface area contributed by atoms with Crippen molar-refractivity contribution in [3.8, 4) is 0 Å². The quantitative estimate of drug-likeness (QED) is 0.558. The average molecular weight is 190 g/mol. The van der Waals surface area contributed by atoms with Crippen molar-refractivity contribution in [1.82, 2.24) is 0 Å². The molecule has 0 aromatic heterocycles. The first-order chi connectivity index (χ1) is 2.56. The van der Waals surface area contributed by atoms with E-state index in [1.807, 2.05) is 0 Å². The first-order valence-corrected chi connectivity index (χ1v) is 1.99. The van der Waals surface area contributed by atoms with Crippen molar-refractivity contribution in [2.45, 2.75) is 19.4 Å². The van der Waals surface area contributed by atoms with Crippen molar-refractivity contribution in [2.24, 2.45) is 5.73 Å². The van der Waals surface area contributed by atoms with Gasteiger partial charge in [0.25, 0.3) is 0 Å². The van der Waals surface area contributed by atoms with Crippen LogP contribution in [-0.2, 0) is 19.5 Å². The average Bonchev–Trinajstić information content (AvgIpc) is 1.35. The maximum absolute atomic E-state index is 8.70. The Hall–Kier alpha value is 0.543. The van der Waals surface area contributed by atoms with Gasteiger partial charge in [0.1, 0.15) is 0 Å². The van der Waals surface area contributed by atoms with E-state index in [0.29, 0.717) is 6.54 Å². The van der Waals surface area contributed by atoms with Gasteiger partial charge in [-0.2, -0.15) is 0 Å². The zero-order valence-corrected chi connectivity index (χ0v) is 6.32. The Bertz CT molecular complexity index is 41.4. The van der Waals surface area contributed by atoms with Gasteiger partial charge in [-0.25, -0.2) is 0 Å². The summed E-state index contributed by atoms with van der Waals surface area (Å²) >= 11 is 0. The maximum Gasteiger partial charge on any atom is 0.0713 e. The molecule has 0 bridgehead atoms. The third-order valence-corrected chi connectivity index (χ3v) is 0.500. The van der Waals surface area contributed by atoms with Gasteiger partial charge in [0, 0.05) is 26.0 Å². The molecule has 0 rings (SSSR count). The molecule has 0 heterocycles. The second kappa shape index (κ2) is 3.53. The zero-order chi connectivity index (χ0) is 5.21. The Morgan fingerprint density at radius 1 is 1.57 bits per heavy atom. The fraction of sp³-hybridized carbons (Fsp3) is 1.00. The van der Waals surface area contributed by atoms with Crippen LogP contribution in [0.2, 0.25) is 0 Å². The standard InChI is InChI=1S/C4H11NO.Ru/c1-4(2,6)3-5;/h6H,3,5H2,1-2H3;. The van der Waals surface area contributed by atoms with Crippen LogP contribution in [0.25, 0.3) is 0 Å². The third kappa shape index (κ3) is 10.8. The van der Waals surface area contributed by atoms with E-state index in [2.05, 4.69) is 0 Å². The van der Waals surface area contributed by atoms with Crippen molar-refractivity contribution in [2.75, 3.05) is 6.54 Å². The van der Waals surface area contributed by atoms with Crippen molar-refractivity contribution in [1.29, 1.82) is 0 Å². The van der Waals surface area contributed by atoms with Gasteiger partial charge >= 0.3 is 0 Å². The summed E-state index contributed by atoms with van der Waals surface area (Å²) in [6.07, 6.45) is 0. The summed E-state index contributed by atoms with van der Waals surface area (Å²) in [5.41, 5.74) is 4.38. The molecule has 2 nitrogen and oxygen atoms in total. The van der Waals surface area contributed by atoms with Crippen LogP contribution in [0, 0.1) is 0 Å². The van der Waals surface area contributed by atoms with Gasteiger partial charge in [-0.15, -0.1) is 0 Å². The Kier molecular flexibility index (Phi) is 5.31. The molecular formula is C4H11NORu. The van der Waals surface area contributed by atoms with Crippen molar-refractivity contribution in [3.05, 3.63) is 0 Å². The van der Waals surface area contributed by atoms with Gasteiger partial charge < -0.3 is 10.8 Å². The second-order valence-corrected chi connectivity index (χ2v) is 2.02. The minimum Gasteiger partial charge on any atom is -0.389 e. The van der Waals surface area contributed by atoms with E-state index in [4.69, 9.17) is 10.8 Å². The number of aliphatic hydroxyl groups is 1. The molecule has 3 N–H and O–H groups in total. The minimum atomic E-state index is -0.681. The molecule has 0 saturated carbocycles. The van der Waals surface area contributed by atoms with Crippen LogP contribution in [0.1, 0.15) is 13.8 Å². The summed E-state index contributed by atoms with van der Waals surface area (Å²) in [7, 11) is 0. The van der Waals surface area contributed by atoms with Gasteiger partial charge in [-0.1, -0.05) is 0 Å². The SMILES string of the molecule is CC(C)(O)CN.[Ru]. The van der Waals surface area contributed by atoms with Gasteiger partial charge in [-0.05, 0) is 13.8 Å². The molecule has 0 saturated heterocycles. The molecule has 0 aliphatic carbocycles. The normalized spacial score (nSPS) is 10.3. The van der Waals surface area contributed by atoms with Crippen molar-refractivity contribution in [3.63, 3.8) is 0 Å². The van der Waals surface area contributed by atoms with Crippen molar-refractivity contribution >= 4 is 0 Å². The monoisotopic (exact) mass is 191 g/mol. The van der Waals surface area contributed by atoms with Crippen LogP contribution < -0.4 is 5.73 Å². The van der Waals surface area contributed by atoms with E-state index in [-0.39, 0.29) is 19.5 Å². The van der Waals surface area contributed by atoms with E-state index in [1.165, 1.54) is 0 Å². The summed E-state index contributed by atoms with van der Waals surface area (Å²) in [4.78, 5) is 0. The summed E-state index contributed by atoms with van der Waals surface area (Å²) in [6, 6.07) is 0. The number of rotatable bonds is 1. The fourth-order valence-electron chi connectivity index (χ4n) is 0. The molecule has 0 radical (unpaired) electrons. The van der Waals surface area contributed by atoms with Crippen LogP contribution in [0.5, 0.6) is 0 Å². The van der Waals surface area contributed by atoms with Crippen LogP contribution in [0.4, 0.5) is 0 Å². The Labute approximate surface area is 56.9 Å². The predicted octanol–water partition coefficient (Wildman–Crippen LogP) is -0.286. The molecule has 0 aliphatic rings. The Balaban J connectivity index is 0. The first-order valence-electron chi connectivity index (χ1n) is 1.99. The molecule has 0 amide bonds. The summed E-state index contributed by atoms with van der Waals surface area (Å²) in [5.74, 6) is 0. The molecule has 0 unspecified atom stereocenters. The summed E-state index contributed by atoms with van der Waals surface area (Å²) in [6.45, 7) is 3.67. The minimum absolute atomic E-state index is 0. The van der Waals surface area contributed by atoms with Gasteiger partial charge in [0.2, 0.25) is 0 Å². The van der Waals surface area contributed by atoms with E-state index in [0.717, 1.165) is 0 Å². The van der Waals surface area contributed by atoms with E-state index < -0.39 is 5.60 Å². The molecule has 3 heteroatoms. The van der Waals surface area contributed by atoms with E-state index in [9.17, 15) is 0 Å². The molecule has 0 spiro atoms. The molecule has 0 atom stereocenters. The van der Waals surface area contributed by atoms with Crippen LogP contribution >= 0.6 is 0 Å². The van der Waals surface area contributed by atoms with E-state index >= 15 is 0 Å². The predicted molar refractivity (Wildman–Crippen MR) is 25.4 cm³/mol. The van der Waals surface area contributed by atoms with Crippen LogP contribution in [0.3, 0.4) is 0 Å². The topological polar surface area (TPSA) is 46.2 Å².